The van der Waals surface area contributed by atoms with E-state index in [2.05, 4.69) is 25.3 Å². The number of nitrogens with zero attached hydrogens (tertiary/aromatic N) is 2. The van der Waals surface area contributed by atoms with E-state index in [9.17, 15) is 8.42 Å². The summed E-state index contributed by atoms with van der Waals surface area (Å²) >= 11 is 0. The molecule has 10 heteroatoms. The van der Waals surface area contributed by atoms with Gasteiger partial charge in [-0.2, -0.15) is 0 Å². The first-order valence-electron chi connectivity index (χ1n) is 8.98. The second-order valence-corrected chi connectivity index (χ2v) is 7.98. The number of pyridine rings is 1. The number of nitrogens with one attached hydrogen (secondary N) is 3. The molecule has 0 saturated carbocycles. The van der Waals surface area contributed by atoms with Crippen LogP contribution in [0.3, 0.4) is 0 Å². The molecular formula is C19H28IN5O3S. The van der Waals surface area contributed by atoms with Gasteiger partial charge in [0.15, 0.2) is 5.96 Å². The van der Waals surface area contributed by atoms with Crippen LogP contribution >= 0.6 is 24.0 Å². The van der Waals surface area contributed by atoms with E-state index in [4.69, 9.17) is 4.74 Å². The number of halogens is 1. The van der Waals surface area contributed by atoms with Crippen molar-refractivity contribution in [1.82, 2.24) is 20.3 Å². The zero-order chi connectivity index (χ0) is 20.4. The van der Waals surface area contributed by atoms with Crippen LogP contribution in [0.15, 0.2) is 58.7 Å². The Balaban J connectivity index is 0.00000420. The van der Waals surface area contributed by atoms with Crippen molar-refractivity contribution in [1.29, 1.82) is 0 Å². The van der Waals surface area contributed by atoms with E-state index in [1.54, 1.807) is 13.1 Å². The molecule has 0 amide bonds. The summed E-state index contributed by atoms with van der Waals surface area (Å²) in [6.07, 6.45) is 2.77. The third-order valence-electron chi connectivity index (χ3n) is 3.76. The van der Waals surface area contributed by atoms with E-state index in [0.29, 0.717) is 19.0 Å². The molecule has 0 aliphatic carbocycles. The van der Waals surface area contributed by atoms with Gasteiger partial charge >= 0.3 is 0 Å². The van der Waals surface area contributed by atoms with Crippen LogP contribution in [0.4, 0.5) is 0 Å². The summed E-state index contributed by atoms with van der Waals surface area (Å²) in [5.41, 5.74) is 1.14. The molecule has 0 bridgehead atoms. The van der Waals surface area contributed by atoms with E-state index in [1.807, 2.05) is 38.1 Å². The summed E-state index contributed by atoms with van der Waals surface area (Å²) in [6, 6.07) is 11.0. The highest BCUT2D eigenvalue weighted by molar-refractivity contribution is 14.0. The number of aromatic nitrogens is 1. The molecule has 0 fully saturated rings. The van der Waals surface area contributed by atoms with Gasteiger partial charge in [0.05, 0.1) is 6.54 Å². The van der Waals surface area contributed by atoms with Gasteiger partial charge in [-0.25, -0.2) is 13.1 Å². The van der Waals surface area contributed by atoms with Gasteiger partial charge < -0.3 is 15.4 Å². The molecular weight excluding hydrogens is 505 g/mol. The van der Waals surface area contributed by atoms with E-state index < -0.39 is 10.0 Å². The highest BCUT2D eigenvalue weighted by atomic mass is 127. The molecule has 8 nitrogen and oxygen atoms in total. The van der Waals surface area contributed by atoms with Gasteiger partial charge in [-0.05, 0) is 43.7 Å². The minimum absolute atomic E-state index is 0. The Labute approximate surface area is 189 Å². The third kappa shape index (κ3) is 8.96. The monoisotopic (exact) mass is 533 g/mol. The van der Waals surface area contributed by atoms with Crippen molar-refractivity contribution in [3.63, 3.8) is 0 Å². The van der Waals surface area contributed by atoms with Gasteiger partial charge in [0, 0.05) is 32.5 Å². The summed E-state index contributed by atoms with van der Waals surface area (Å²) in [7, 11) is -1.91. The Hall–Kier alpha value is -1.92. The van der Waals surface area contributed by atoms with Gasteiger partial charge in [-0.3, -0.25) is 9.98 Å². The van der Waals surface area contributed by atoms with Gasteiger partial charge in [-0.15, -0.1) is 24.0 Å². The normalized spacial score (nSPS) is 12.6. The summed E-state index contributed by atoms with van der Waals surface area (Å²) in [5.74, 6) is 1.39. The van der Waals surface area contributed by atoms with E-state index >= 15 is 0 Å². The summed E-state index contributed by atoms with van der Waals surface area (Å²) in [4.78, 5) is 8.08. The molecule has 29 heavy (non-hydrogen) atoms. The summed E-state index contributed by atoms with van der Waals surface area (Å²) in [6.45, 7) is 5.13. The Morgan fingerprint density at radius 3 is 2.66 bits per heavy atom. The first kappa shape index (κ1) is 25.1. The number of hydrogen-bond acceptors (Lipinski definition) is 5. The van der Waals surface area contributed by atoms with Crippen molar-refractivity contribution < 1.29 is 13.2 Å². The zero-order valence-corrected chi connectivity index (χ0v) is 19.9. The second-order valence-electron chi connectivity index (χ2n) is 6.21. The van der Waals surface area contributed by atoms with Crippen LogP contribution in [0.5, 0.6) is 5.75 Å². The second kappa shape index (κ2) is 12.6. The van der Waals surface area contributed by atoms with Gasteiger partial charge in [0.1, 0.15) is 16.7 Å². The van der Waals surface area contributed by atoms with Gasteiger partial charge in [-0.1, -0.05) is 12.1 Å². The van der Waals surface area contributed by atoms with Crippen molar-refractivity contribution >= 4 is 40.0 Å². The first-order chi connectivity index (χ1) is 13.4. The van der Waals surface area contributed by atoms with Crippen molar-refractivity contribution in [3.8, 4) is 5.75 Å². The molecule has 3 N–H and O–H groups in total. The lowest BCUT2D eigenvalue weighted by molar-refractivity contribution is 0.223. The quantitative estimate of drug-likeness (QED) is 0.197. The molecule has 0 aliphatic rings. The first-order valence-corrected chi connectivity index (χ1v) is 10.5. The van der Waals surface area contributed by atoms with Crippen LogP contribution in [0.2, 0.25) is 0 Å². The maximum Gasteiger partial charge on any atom is 0.242 e. The molecule has 0 spiro atoms. The Morgan fingerprint density at radius 1 is 1.21 bits per heavy atom. The number of sulfonamides is 1. The molecule has 1 atom stereocenters. The highest BCUT2D eigenvalue weighted by Gasteiger charge is 2.13. The number of guanidine groups is 1. The number of hydrogen-bond donors (Lipinski definition) is 3. The lowest BCUT2D eigenvalue weighted by Gasteiger charge is -2.18. The lowest BCUT2D eigenvalue weighted by atomic mass is 10.2. The summed E-state index contributed by atoms with van der Waals surface area (Å²) < 4.78 is 32.6. The molecule has 2 rings (SSSR count). The molecule has 1 aromatic heterocycles. The average Bonchev–Trinajstić information content (AvgIpc) is 2.68. The minimum atomic E-state index is -3.56. The van der Waals surface area contributed by atoms with E-state index in [1.165, 1.54) is 18.5 Å². The molecule has 0 aliphatic heterocycles. The van der Waals surface area contributed by atoms with E-state index in [0.717, 1.165) is 11.3 Å². The number of rotatable bonds is 9. The van der Waals surface area contributed by atoms with Crippen molar-refractivity contribution in [2.45, 2.75) is 24.8 Å². The fourth-order valence-corrected chi connectivity index (χ4v) is 3.37. The highest BCUT2D eigenvalue weighted by Crippen LogP contribution is 2.13. The van der Waals surface area contributed by atoms with Crippen LogP contribution in [-0.2, 0) is 10.0 Å². The van der Waals surface area contributed by atoms with Crippen molar-refractivity contribution in [3.05, 3.63) is 54.4 Å². The lowest BCUT2D eigenvalue weighted by Crippen LogP contribution is -2.44. The Bertz CT molecular complexity index is 878. The zero-order valence-electron chi connectivity index (χ0n) is 16.8. The molecule has 0 saturated heterocycles. The maximum absolute atomic E-state index is 12.1. The van der Waals surface area contributed by atoms with Crippen LogP contribution in [0.25, 0.3) is 0 Å². The molecule has 1 heterocycles. The smallest absolute Gasteiger partial charge is 0.242 e. The molecule has 1 aromatic carbocycles. The van der Waals surface area contributed by atoms with Crippen molar-refractivity contribution in [2.24, 2.45) is 4.99 Å². The van der Waals surface area contributed by atoms with Crippen LogP contribution in [0.1, 0.15) is 12.5 Å². The molecule has 1 unspecified atom stereocenters. The largest absolute Gasteiger partial charge is 0.489 e. The fraction of sp³-hybridized carbons (Fsp3) is 0.368. The number of aryl methyl sites for hydroxylation is 1. The van der Waals surface area contributed by atoms with Crippen LogP contribution in [-0.4, -0.2) is 52.1 Å². The predicted molar refractivity (Wildman–Crippen MR) is 125 cm³/mol. The number of aliphatic imine (C=N–C) groups is 1. The minimum Gasteiger partial charge on any atom is -0.489 e. The number of ether oxygens (including phenoxy) is 1. The maximum atomic E-state index is 12.1. The average molecular weight is 533 g/mol. The fourth-order valence-electron chi connectivity index (χ4n) is 2.38. The third-order valence-corrected chi connectivity index (χ3v) is 5.21. The summed E-state index contributed by atoms with van der Waals surface area (Å²) in [5, 5.41) is 6.22. The molecule has 2 aromatic rings. The standard InChI is InChI=1S/C19H27N5O3S.HI/c1-15-6-4-7-17(12-15)27-16(2)13-23-19(20-3)22-10-11-24-28(25,26)18-8-5-9-21-14-18;/h4-9,12,14,16,24H,10-11,13H2,1-3H3,(H2,20,22,23);1H. The topological polar surface area (TPSA) is 105 Å². The number of benzene rings is 1. The predicted octanol–water partition coefficient (Wildman–Crippen LogP) is 1.92. The molecule has 0 radical (unpaired) electrons. The SMILES string of the molecule is CN=C(NCCNS(=O)(=O)c1cccnc1)NCC(C)Oc1cccc(C)c1.I. The van der Waals surface area contributed by atoms with Crippen LogP contribution in [0, 0.1) is 6.92 Å². The van der Waals surface area contributed by atoms with Gasteiger partial charge in [0.25, 0.3) is 0 Å². The Kier molecular flexibility index (Phi) is 10.9. The van der Waals surface area contributed by atoms with Gasteiger partial charge in [0.2, 0.25) is 10.0 Å². The van der Waals surface area contributed by atoms with Crippen molar-refractivity contribution in [2.75, 3.05) is 26.7 Å². The molecule has 160 valence electrons. The van der Waals surface area contributed by atoms with E-state index in [-0.39, 0.29) is 41.5 Å². The Morgan fingerprint density at radius 2 is 2.00 bits per heavy atom. The van der Waals surface area contributed by atoms with Crippen LogP contribution < -0.4 is 20.1 Å².